The number of amides is 2. The lowest BCUT2D eigenvalue weighted by molar-refractivity contribution is -0.150. The molecule has 0 radical (unpaired) electrons. The smallest absolute Gasteiger partial charge is 0.241 e. The molecule has 0 aromatic heterocycles. The maximum atomic E-state index is 13.2. The summed E-state index contributed by atoms with van der Waals surface area (Å²) in [5.41, 5.74) is -0.307. The Morgan fingerprint density at radius 2 is 2.04 bits per heavy atom. The highest BCUT2D eigenvalue weighted by atomic mass is 35.5. The normalized spacial score (nSPS) is 26.1. The first kappa shape index (κ1) is 20.2. The summed E-state index contributed by atoms with van der Waals surface area (Å²) in [6.07, 6.45) is 4.35. The van der Waals surface area contributed by atoms with Crippen molar-refractivity contribution in [1.82, 2.24) is 15.1 Å². The lowest BCUT2D eigenvalue weighted by atomic mass is 9.67. The van der Waals surface area contributed by atoms with Crippen LogP contribution in [0.2, 0.25) is 0 Å². The van der Waals surface area contributed by atoms with Gasteiger partial charge in [0.05, 0.1) is 18.6 Å². The van der Waals surface area contributed by atoms with Gasteiger partial charge >= 0.3 is 0 Å². The Balaban J connectivity index is 0.00000264. The van der Waals surface area contributed by atoms with Gasteiger partial charge in [0, 0.05) is 34.3 Å². The summed E-state index contributed by atoms with van der Waals surface area (Å²) in [7, 11) is 5.06. The highest BCUT2D eigenvalue weighted by Gasteiger charge is 2.51. The number of methoxy groups -OCH3 is 1. The fraction of sp³-hybridized carbons (Fsp3) is 0.875. The van der Waals surface area contributed by atoms with Crippen LogP contribution in [0.3, 0.4) is 0 Å². The van der Waals surface area contributed by atoms with Crippen LogP contribution in [0.4, 0.5) is 0 Å². The van der Waals surface area contributed by atoms with E-state index in [9.17, 15) is 9.59 Å². The van der Waals surface area contributed by atoms with Crippen LogP contribution >= 0.6 is 12.4 Å². The Hall–Kier alpha value is -0.850. The summed E-state index contributed by atoms with van der Waals surface area (Å²) in [6, 6.07) is 0. The van der Waals surface area contributed by atoms with Gasteiger partial charge in [-0.3, -0.25) is 9.59 Å². The van der Waals surface area contributed by atoms with Crippen molar-refractivity contribution in [1.29, 1.82) is 0 Å². The van der Waals surface area contributed by atoms with Gasteiger partial charge in [-0.25, -0.2) is 0 Å². The number of nitrogens with one attached hydrogen (secondary N) is 1. The molecule has 1 saturated heterocycles. The fourth-order valence-electron chi connectivity index (χ4n) is 3.74. The first-order chi connectivity index (χ1) is 10.5. The third kappa shape index (κ3) is 4.37. The Labute approximate surface area is 145 Å². The molecular formula is C16H30ClN3O3. The molecule has 1 heterocycles. The van der Waals surface area contributed by atoms with Gasteiger partial charge in [0.25, 0.3) is 0 Å². The number of ether oxygens (including phenoxy) is 1. The van der Waals surface area contributed by atoms with Gasteiger partial charge in [-0.05, 0) is 25.3 Å². The SMILES string of the molecule is COCCN(CC(=O)N(C)C)C(=O)[C@@]12CCCC[C@H]1CNC2.Cl. The van der Waals surface area contributed by atoms with E-state index in [2.05, 4.69) is 5.32 Å². The topological polar surface area (TPSA) is 61.9 Å². The Bertz CT molecular complexity index is 419. The number of rotatable bonds is 6. The number of carbonyl (C=O) groups excluding carboxylic acids is 2. The molecule has 1 N–H and O–H groups in total. The first-order valence-corrected chi connectivity index (χ1v) is 8.20. The molecule has 2 amide bonds. The minimum absolute atomic E-state index is 0. The van der Waals surface area contributed by atoms with Crippen LogP contribution in [-0.4, -0.2) is 75.6 Å². The van der Waals surface area contributed by atoms with Gasteiger partial charge in [0.2, 0.25) is 11.8 Å². The predicted octanol–water partition coefficient (Wildman–Crippen LogP) is 0.751. The largest absolute Gasteiger partial charge is 0.383 e. The number of likely N-dealkylation sites (N-methyl/N-ethyl adjacent to an activating group) is 1. The molecule has 0 bridgehead atoms. The number of halogens is 1. The Kier molecular flexibility index (Phi) is 7.77. The molecule has 1 aliphatic heterocycles. The maximum Gasteiger partial charge on any atom is 0.241 e. The minimum Gasteiger partial charge on any atom is -0.383 e. The van der Waals surface area contributed by atoms with Gasteiger partial charge in [-0.1, -0.05) is 12.8 Å². The van der Waals surface area contributed by atoms with E-state index in [0.717, 1.165) is 32.4 Å². The fourth-order valence-corrected chi connectivity index (χ4v) is 3.74. The van der Waals surface area contributed by atoms with Crippen LogP contribution in [0.15, 0.2) is 0 Å². The molecule has 0 spiro atoms. The summed E-state index contributed by atoms with van der Waals surface area (Å²) in [5.74, 6) is 0.502. The lowest BCUT2D eigenvalue weighted by Crippen LogP contribution is -2.52. The average Bonchev–Trinajstić information content (AvgIpc) is 2.95. The van der Waals surface area contributed by atoms with E-state index in [1.165, 1.54) is 11.3 Å². The van der Waals surface area contributed by atoms with Crippen molar-refractivity contribution in [3.05, 3.63) is 0 Å². The third-order valence-electron chi connectivity index (χ3n) is 5.14. The molecule has 7 heteroatoms. The molecular weight excluding hydrogens is 318 g/mol. The van der Waals surface area contributed by atoms with Crippen LogP contribution < -0.4 is 5.32 Å². The van der Waals surface area contributed by atoms with Crippen LogP contribution in [0.25, 0.3) is 0 Å². The van der Waals surface area contributed by atoms with Crippen molar-refractivity contribution in [2.75, 3.05) is 54.0 Å². The van der Waals surface area contributed by atoms with Crippen LogP contribution in [0.1, 0.15) is 25.7 Å². The van der Waals surface area contributed by atoms with Crippen molar-refractivity contribution in [2.45, 2.75) is 25.7 Å². The zero-order valence-electron chi connectivity index (χ0n) is 14.5. The maximum absolute atomic E-state index is 13.2. The van der Waals surface area contributed by atoms with E-state index in [0.29, 0.717) is 19.1 Å². The Morgan fingerprint density at radius 1 is 1.30 bits per heavy atom. The zero-order valence-corrected chi connectivity index (χ0v) is 15.3. The van der Waals surface area contributed by atoms with Gasteiger partial charge in [0.15, 0.2) is 0 Å². The molecule has 1 saturated carbocycles. The predicted molar refractivity (Wildman–Crippen MR) is 91.7 cm³/mol. The number of nitrogens with zero attached hydrogens (tertiary/aromatic N) is 2. The molecule has 134 valence electrons. The van der Waals surface area contributed by atoms with E-state index in [1.807, 2.05) is 0 Å². The van der Waals surface area contributed by atoms with Crippen molar-refractivity contribution >= 4 is 24.2 Å². The monoisotopic (exact) mass is 347 g/mol. The number of fused-ring (bicyclic) bond motifs is 1. The lowest BCUT2D eigenvalue weighted by Gasteiger charge is -2.40. The van der Waals surface area contributed by atoms with Crippen molar-refractivity contribution in [2.24, 2.45) is 11.3 Å². The van der Waals surface area contributed by atoms with Gasteiger partial charge in [-0.15, -0.1) is 12.4 Å². The highest BCUT2D eigenvalue weighted by molar-refractivity contribution is 5.88. The van der Waals surface area contributed by atoms with Crippen molar-refractivity contribution in [3.8, 4) is 0 Å². The highest BCUT2D eigenvalue weighted by Crippen LogP contribution is 2.45. The van der Waals surface area contributed by atoms with Crippen molar-refractivity contribution in [3.63, 3.8) is 0 Å². The summed E-state index contributed by atoms with van der Waals surface area (Å²) < 4.78 is 5.13. The van der Waals surface area contributed by atoms with E-state index in [4.69, 9.17) is 4.74 Å². The molecule has 2 fully saturated rings. The van der Waals surface area contributed by atoms with E-state index >= 15 is 0 Å². The average molecular weight is 348 g/mol. The summed E-state index contributed by atoms with van der Waals surface area (Å²) in [4.78, 5) is 28.5. The summed E-state index contributed by atoms with van der Waals surface area (Å²) >= 11 is 0. The second-order valence-corrected chi connectivity index (χ2v) is 6.74. The van der Waals surface area contributed by atoms with E-state index in [1.54, 1.807) is 26.1 Å². The number of hydrogen-bond acceptors (Lipinski definition) is 4. The standard InChI is InChI=1S/C16H29N3O3.ClH/c1-18(2)14(20)11-19(8-9-22-3)15(21)16-7-5-4-6-13(16)10-17-12-16;/h13,17H,4-12H2,1-3H3;1H/t13-,16+;/m0./s1. The van der Waals surface area contributed by atoms with Crippen LogP contribution in [-0.2, 0) is 14.3 Å². The molecule has 1 aliphatic carbocycles. The molecule has 2 aliphatic rings. The van der Waals surface area contributed by atoms with E-state index in [-0.39, 0.29) is 36.2 Å². The second-order valence-electron chi connectivity index (χ2n) is 6.74. The van der Waals surface area contributed by atoms with Gasteiger partial charge < -0.3 is 19.9 Å². The van der Waals surface area contributed by atoms with Gasteiger partial charge in [-0.2, -0.15) is 0 Å². The van der Waals surface area contributed by atoms with E-state index < -0.39 is 0 Å². The third-order valence-corrected chi connectivity index (χ3v) is 5.14. The molecule has 0 aromatic carbocycles. The van der Waals surface area contributed by atoms with Crippen LogP contribution in [0, 0.1) is 11.3 Å². The minimum atomic E-state index is -0.307. The molecule has 23 heavy (non-hydrogen) atoms. The first-order valence-electron chi connectivity index (χ1n) is 8.20. The molecule has 0 unspecified atom stereocenters. The number of carbonyl (C=O) groups is 2. The molecule has 2 atom stereocenters. The molecule has 2 rings (SSSR count). The number of hydrogen-bond donors (Lipinski definition) is 1. The summed E-state index contributed by atoms with van der Waals surface area (Å²) in [6.45, 7) is 2.75. The molecule has 0 aromatic rings. The van der Waals surface area contributed by atoms with Gasteiger partial charge in [0.1, 0.15) is 0 Å². The van der Waals surface area contributed by atoms with Crippen molar-refractivity contribution < 1.29 is 14.3 Å². The zero-order chi connectivity index (χ0) is 16.2. The summed E-state index contributed by atoms with van der Waals surface area (Å²) in [5, 5.41) is 3.40. The van der Waals surface area contributed by atoms with Crippen LogP contribution in [0.5, 0.6) is 0 Å². The second kappa shape index (κ2) is 8.85. The Morgan fingerprint density at radius 3 is 2.70 bits per heavy atom. The quantitative estimate of drug-likeness (QED) is 0.770. The molecule has 6 nitrogen and oxygen atoms in total.